The molecule has 19 nitrogen and oxygen atoms in total. The van der Waals surface area contributed by atoms with Crippen LogP contribution in [0.2, 0.25) is 0 Å². The van der Waals surface area contributed by atoms with Crippen molar-refractivity contribution in [2.45, 2.75) is 122 Å². The molecule has 2 fully saturated rings. The van der Waals surface area contributed by atoms with Gasteiger partial charge in [-0.2, -0.15) is 0 Å². The normalized spacial score (nSPS) is 20.3. The zero-order valence-electron chi connectivity index (χ0n) is 30.1. The van der Waals surface area contributed by atoms with Gasteiger partial charge in [-0.1, -0.05) is 40.5 Å². The van der Waals surface area contributed by atoms with Crippen LogP contribution in [-0.2, 0) is 43.2 Å². The summed E-state index contributed by atoms with van der Waals surface area (Å²) in [7, 11) is 0. The highest BCUT2D eigenvalue weighted by molar-refractivity contribution is 5.97. The maximum absolute atomic E-state index is 13.7. The van der Waals surface area contributed by atoms with Gasteiger partial charge >= 0.3 is 17.9 Å². The van der Waals surface area contributed by atoms with E-state index in [1.807, 2.05) is 0 Å². The van der Waals surface area contributed by atoms with Crippen molar-refractivity contribution in [2.75, 3.05) is 19.6 Å². The molecule has 0 unspecified atom stereocenters. The Morgan fingerprint density at radius 2 is 1.40 bits per heavy atom. The predicted octanol–water partition coefficient (Wildman–Crippen LogP) is -1.70. The number of carboxylic acids is 3. The first-order valence-electron chi connectivity index (χ1n) is 17.7. The minimum absolute atomic E-state index is 0.0857. The highest BCUT2D eigenvalue weighted by atomic mass is 16.4. The Morgan fingerprint density at radius 3 is 1.96 bits per heavy atom. The van der Waals surface area contributed by atoms with Crippen molar-refractivity contribution in [3.8, 4) is 0 Å². The van der Waals surface area contributed by atoms with E-state index in [0.29, 0.717) is 32.2 Å². The summed E-state index contributed by atoms with van der Waals surface area (Å²) in [6.45, 7) is 6.96. The average Bonchev–Trinajstić information content (AvgIpc) is 3.82. The molecule has 0 aliphatic carbocycles. The highest BCUT2D eigenvalue weighted by Gasteiger charge is 2.40. The second kappa shape index (κ2) is 20.9. The average molecular weight is 740 g/mol. The van der Waals surface area contributed by atoms with Crippen LogP contribution in [-0.4, -0.2) is 129 Å². The predicted molar refractivity (Wildman–Crippen MR) is 182 cm³/mol. The lowest BCUT2D eigenvalue weighted by molar-refractivity contribution is -0.145. The zero-order valence-corrected chi connectivity index (χ0v) is 30.1. The molecule has 0 radical (unpaired) electrons. The van der Waals surface area contributed by atoms with Crippen LogP contribution in [0.3, 0.4) is 0 Å². The molecule has 0 aromatic rings. The van der Waals surface area contributed by atoms with E-state index in [1.165, 1.54) is 4.90 Å². The summed E-state index contributed by atoms with van der Waals surface area (Å²) >= 11 is 0. The summed E-state index contributed by atoms with van der Waals surface area (Å²) in [4.78, 5) is 115. The summed E-state index contributed by atoms with van der Waals surface area (Å²) < 4.78 is 0. The van der Waals surface area contributed by atoms with Gasteiger partial charge in [0.1, 0.15) is 30.2 Å². The minimum Gasteiger partial charge on any atom is -0.481 e. The second-order valence-electron chi connectivity index (χ2n) is 13.3. The third-order valence-corrected chi connectivity index (χ3v) is 9.50. The largest absolute Gasteiger partial charge is 0.481 e. The van der Waals surface area contributed by atoms with Gasteiger partial charge in [-0.05, 0) is 50.5 Å². The van der Waals surface area contributed by atoms with E-state index < -0.39 is 115 Å². The minimum atomic E-state index is -1.68. The molecule has 0 spiro atoms. The molecule has 19 heteroatoms. The molecule has 2 heterocycles. The molecule has 0 bridgehead atoms. The molecule has 8 atom stereocenters. The fourth-order valence-corrected chi connectivity index (χ4v) is 6.01. The molecule has 2 rings (SSSR count). The molecule has 2 aliphatic heterocycles. The van der Waals surface area contributed by atoms with Crippen molar-refractivity contribution >= 4 is 53.4 Å². The van der Waals surface area contributed by atoms with Crippen LogP contribution in [0, 0.1) is 11.8 Å². The van der Waals surface area contributed by atoms with Crippen molar-refractivity contribution in [3.63, 3.8) is 0 Å². The van der Waals surface area contributed by atoms with Gasteiger partial charge in [0.05, 0.1) is 19.0 Å². The molecule has 0 aromatic carbocycles. The SMILES string of the molecule is CC[C@H](C)[C@H](NC(=O)[C@H](CC(=O)O)NC(=O)[C@@H](NC(=O)[C@@H]1CCCN1C(=O)[C@H](CCC(=O)O)NC(=O)CNC(=O)[C@@H]1CCCN1)[C@@H](C)CC)C(=O)O. The van der Waals surface area contributed by atoms with Crippen LogP contribution in [0.4, 0.5) is 0 Å². The number of nitrogens with one attached hydrogen (secondary N) is 6. The molecule has 2 saturated heterocycles. The van der Waals surface area contributed by atoms with E-state index in [-0.39, 0.29) is 25.3 Å². The van der Waals surface area contributed by atoms with E-state index in [1.54, 1.807) is 27.7 Å². The van der Waals surface area contributed by atoms with Crippen LogP contribution in [0.5, 0.6) is 0 Å². The quantitative estimate of drug-likeness (QED) is 0.0636. The van der Waals surface area contributed by atoms with Crippen molar-refractivity contribution in [1.29, 1.82) is 0 Å². The first kappa shape index (κ1) is 43.4. The van der Waals surface area contributed by atoms with E-state index in [9.17, 15) is 58.5 Å². The van der Waals surface area contributed by atoms with Crippen LogP contribution >= 0.6 is 0 Å². The molecule has 2 aliphatic rings. The lowest BCUT2D eigenvalue weighted by Gasteiger charge is -2.31. The van der Waals surface area contributed by atoms with Gasteiger partial charge in [0.25, 0.3) is 0 Å². The standard InChI is InChI=1S/C33H53N7O12/c1-5-17(3)26(31(49)37-21(15-25(44)45)29(47)39-27(33(51)52)18(4)6-2)38-30(48)22-10-8-14-40(22)32(50)20(11-12-24(42)43)36-23(41)16-35-28(46)19-9-7-13-34-19/h17-22,26-27,34H,5-16H2,1-4H3,(H,35,46)(H,36,41)(H,37,49)(H,38,48)(H,39,47)(H,42,43)(H,44,45)(H,51,52)/t17-,18-,19-,20-,21-,22-,26-,27-/m0/s1. The monoisotopic (exact) mass is 739 g/mol. The second-order valence-corrected chi connectivity index (χ2v) is 13.3. The first-order valence-corrected chi connectivity index (χ1v) is 17.7. The van der Waals surface area contributed by atoms with Crippen molar-refractivity contribution in [3.05, 3.63) is 0 Å². The van der Waals surface area contributed by atoms with Gasteiger partial charge in [-0.15, -0.1) is 0 Å². The number of hydrogen-bond acceptors (Lipinski definition) is 10. The summed E-state index contributed by atoms with van der Waals surface area (Å²) in [5.41, 5.74) is 0. The van der Waals surface area contributed by atoms with Crippen molar-refractivity contribution < 1.29 is 58.5 Å². The summed E-state index contributed by atoms with van der Waals surface area (Å²) in [5.74, 6) is -9.60. The number of likely N-dealkylation sites (tertiary alicyclic amines) is 1. The first-order chi connectivity index (χ1) is 24.5. The molecular weight excluding hydrogens is 686 g/mol. The van der Waals surface area contributed by atoms with Crippen LogP contribution in [0.25, 0.3) is 0 Å². The number of rotatable bonds is 21. The Morgan fingerprint density at radius 1 is 0.750 bits per heavy atom. The van der Waals surface area contributed by atoms with Crippen molar-refractivity contribution in [2.24, 2.45) is 11.8 Å². The molecule has 0 aromatic heterocycles. The van der Waals surface area contributed by atoms with Gasteiger partial charge in [0.15, 0.2) is 0 Å². The molecule has 9 N–H and O–H groups in total. The number of nitrogens with zero attached hydrogens (tertiary/aromatic N) is 1. The van der Waals surface area contributed by atoms with E-state index in [0.717, 1.165) is 6.42 Å². The van der Waals surface area contributed by atoms with Gasteiger partial charge in [-0.3, -0.25) is 38.4 Å². The third-order valence-electron chi connectivity index (χ3n) is 9.50. The number of aliphatic carboxylic acids is 3. The Kier molecular flexibility index (Phi) is 17.4. The van der Waals surface area contributed by atoms with Crippen LogP contribution < -0.4 is 31.9 Å². The third kappa shape index (κ3) is 13.1. The van der Waals surface area contributed by atoms with Crippen LogP contribution in [0.1, 0.15) is 85.5 Å². The van der Waals surface area contributed by atoms with Crippen LogP contribution in [0.15, 0.2) is 0 Å². The molecule has 6 amide bonds. The van der Waals surface area contributed by atoms with Gasteiger partial charge in [0, 0.05) is 13.0 Å². The van der Waals surface area contributed by atoms with Gasteiger partial charge < -0.3 is 52.1 Å². The fourth-order valence-electron chi connectivity index (χ4n) is 6.01. The number of carbonyl (C=O) groups excluding carboxylic acids is 6. The fraction of sp³-hybridized carbons (Fsp3) is 0.727. The van der Waals surface area contributed by atoms with E-state index in [2.05, 4.69) is 31.9 Å². The number of amides is 6. The zero-order chi connectivity index (χ0) is 39.1. The number of carbonyl (C=O) groups is 9. The highest BCUT2D eigenvalue weighted by Crippen LogP contribution is 2.21. The maximum Gasteiger partial charge on any atom is 0.326 e. The van der Waals surface area contributed by atoms with Crippen molar-refractivity contribution in [1.82, 2.24) is 36.8 Å². The maximum atomic E-state index is 13.7. The Hall–Kier alpha value is -4.81. The Balaban J connectivity index is 2.20. The van der Waals surface area contributed by atoms with E-state index >= 15 is 0 Å². The molecular formula is C33H53N7O12. The summed E-state index contributed by atoms with van der Waals surface area (Å²) in [6, 6.07) is -7.23. The topological polar surface area (TPSA) is 290 Å². The summed E-state index contributed by atoms with van der Waals surface area (Å²) in [5, 5.41) is 43.5. The smallest absolute Gasteiger partial charge is 0.326 e. The summed E-state index contributed by atoms with van der Waals surface area (Å²) in [6.07, 6.45) is 1.05. The van der Waals surface area contributed by atoms with Gasteiger partial charge in [0.2, 0.25) is 35.4 Å². The Labute approximate surface area is 301 Å². The lowest BCUT2D eigenvalue weighted by atomic mass is 9.96. The Bertz CT molecular complexity index is 1340. The number of hydrogen-bond donors (Lipinski definition) is 9. The van der Waals surface area contributed by atoms with Gasteiger partial charge in [-0.25, -0.2) is 4.79 Å². The van der Waals surface area contributed by atoms with E-state index in [4.69, 9.17) is 0 Å². The lowest BCUT2D eigenvalue weighted by Crippen LogP contribution is -2.60. The molecule has 292 valence electrons. The molecule has 0 saturated carbocycles. The molecule has 52 heavy (non-hydrogen) atoms. The number of carboxylic acid groups (broad SMARTS) is 3.